The first-order valence-electron chi connectivity index (χ1n) is 9.32. The summed E-state index contributed by atoms with van der Waals surface area (Å²) in [5.74, 6) is -4.57. The van der Waals surface area contributed by atoms with E-state index >= 15 is 0 Å². The normalized spacial score (nSPS) is 25.8. The summed E-state index contributed by atoms with van der Waals surface area (Å²) in [5, 5.41) is 0. The molecule has 15 nitrogen and oxygen atoms in total. The number of phosphoric acid groups is 1. The lowest BCUT2D eigenvalue weighted by Gasteiger charge is -2.45. The molecule has 16 heteroatoms. The van der Waals surface area contributed by atoms with Crippen LogP contribution >= 0.6 is 7.82 Å². The summed E-state index contributed by atoms with van der Waals surface area (Å²) in [6, 6.07) is 0. The highest BCUT2D eigenvalue weighted by Crippen LogP contribution is 2.42. The van der Waals surface area contributed by atoms with E-state index in [-0.39, 0.29) is 0 Å². The molecule has 0 amide bonds. The Balaban J connectivity index is 3.58. The summed E-state index contributed by atoms with van der Waals surface area (Å²) < 4.78 is 46.7. The van der Waals surface area contributed by atoms with Crippen molar-refractivity contribution in [2.75, 3.05) is 6.61 Å². The fourth-order valence-electron chi connectivity index (χ4n) is 2.93. The molecule has 0 aromatic rings. The molecular formula is C17H25O15P. The van der Waals surface area contributed by atoms with Crippen LogP contribution in [0.3, 0.4) is 0 Å². The Hall–Kier alpha value is -2.58. The summed E-state index contributed by atoms with van der Waals surface area (Å²) in [6.07, 6.45) is -10.5. The zero-order valence-corrected chi connectivity index (χ0v) is 19.2. The molecule has 0 saturated carbocycles. The maximum atomic E-state index is 11.8. The summed E-state index contributed by atoms with van der Waals surface area (Å²) >= 11 is 0. The van der Waals surface area contributed by atoms with Gasteiger partial charge in [0.1, 0.15) is 12.7 Å². The molecule has 188 valence electrons. The molecule has 1 saturated heterocycles. The molecule has 6 atom stereocenters. The Morgan fingerprint density at radius 1 is 0.788 bits per heavy atom. The van der Waals surface area contributed by atoms with E-state index in [9.17, 15) is 38.3 Å². The van der Waals surface area contributed by atoms with Crippen molar-refractivity contribution in [3.05, 3.63) is 0 Å². The average Bonchev–Trinajstić information content (AvgIpc) is 2.60. The van der Waals surface area contributed by atoms with Gasteiger partial charge in [0.15, 0.2) is 24.4 Å². The van der Waals surface area contributed by atoms with E-state index in [2.05, 4.69) is 4.52 Å². The molecule has 0 bridgehead atoms. The minimum Gasteiger partial charge on any atom is -0.462 e. The fraction of sp³-hybridized carbons (Fsp3) is 0.706. The second-order valence-corrected chi connectivity index (χ2v) is 7.93. The van der Waals surface area contributed by atoms with E-state index in [0.29, 0.717) is 0 Å². The van der Waals surface area contributed by atoms with Crippen molar-refractivity contribution in [3.8, 4) is 0 Å². The largest absolute Gasteiger partial charge is 0.472 e. The SMILES string of the molecule is CC(=O)OC[C@@H](OC(C)=O)C1O[C@@H](OP(=O)(O)O)C(OC(C)=O)[C@@H](OC(C)=O)[C@@H]1OC(C)=O. The third-order valence-electron chi connectivity index (χ3n) is 3.81. The first-order valence-corrected chi connectivity index (χ1v) is 10.9. The number of phosphoric ester groups is 1. The van der Waals surface area contributed by atoms with Gasteiger partial charge in [-0.05, 0) is 0 Å². The molecule has 1 aliphatic rings. The predicted molar refractivity (Wildman–Crippen MR) is 101 cm³/mol. The van der Waals surface area contributed by atoms with Gasteiger partial charge in [0.25, 0.3) is 0 Å². The fourth-order valence-corrected chi connectivity index (χ4v) is 3.37. The predicted octanol–water partition coefficient (Wildman–Crippen LogP) is -0.889. The van der Waals surface area contributed by atoms with Crippen molar-refractivity contribution in [3.63, 3.8) is 0 Å². The molecule has 1 heterocycles. The van der Waals surface area contributed by atoms with Crippen LogP contribution < -0.4 is 0 Å². The lowest BCUT2D eigenvalue weighted by atomic mass is 9.94. The first-order chi connectivity index (χ1) is 15.1. The number of hydrogen-bond donors (Lipinski definition) is 2. The van der Waals surface area contributed by atoms with Gasteiger partial charge in [-0.2, -0.15) is 0 Å². The van der Waals surface area contributed by atoms with Crippen LogP contribution in [0, 0.1) is 0 Å². The molecule has 0 aliphatic carbocycles. The Labute approximate surface area is 187 Å². The Morgan fingerprint density at radius 3 is 1.70 bits per heavy atom. The number of carbonyl (C=O) groups excluding carboxylic acids is 5. The molecule has 0 aromatic carbocycles. The topological polar surface area (TPSA) is 207 Å². The van der Waals surface area contributed by atoms with Crippen molar-refractivity contribution in [2.45, 2.75) is 71.4 Å². The van der Waals surface area contributed by atoms with Crippen LogP contribution in [0.4, 0.5) is 0 Å². The summed E-state index contributed by atoms with van der Waals surface area (Å²) in [7, 11) is -5.30. The first kappa shape index (κ1) is 28.5. The van der Waals surface area contributed by atoms with Gasteiger partial charge in [0.2, 0.25) is 6.29 Å². The van der Waals surface area contributed by atoms with Crippen LogP contribution in [-0.2, 0) is 61.5 Å². The van der Waals surface area contributed by atoms with Gasteiger partial charge < -0.3 is 38.2 Å². The Morgan fingerprint density at radius 2 is 1.27 bits per heavy atom. The molecule has 33 heavy (non-hydrogen) atoms. The van der Waals surface area contributed by atoms with Gasteiger partial charge in [-0.15, -0.1) is 0 Å². The zero-order chi connectivity index (χ0) is 25.5. The monoisotopic (exact) mass is 500 g/mol. The van der Waals surface area contributed by atoms with E-state index in [1.807, 2.05) is 0 Å². The highest BCUT2D eigenvalue weighted by atomic mass is 31.2. The van der Waals surface area contributed by atoms with Gasteiger partial charge in [-0.1, -0.05) is 0 Å². The molecule has 1 aliphatic heterocycles. The van der Waals surface area contributed by atoms with E-state index in [0.717, 1.165) is 34.6 Å². The maximum Gasteiger partial charge on any atom is 0.472 e. The number of hydrogen-bond acceptors (Lipinski definition) is 13. The minimum atomic E-state index is -5.30. The highest BCUT2D eigenvalue weighted by molar-refractivity contribution is 7.46. The van der Waals surface area contributed by atoms with Crippen molar-refractivity contribution in [1.29, 1.82) is 0 Å². The number of ether oxygens (including phenoxy) is 6. The lowest BCUT2D eigenvalue weighted by molar-refractivity contribution is -0.302. The summed E-state index contributed by atoms with van der Waals surface area (Å²) in [5.41, 5.74) is 0. The van der Waals surface area contributed by atoms with Crippen molar-refractivity contribution >= 4 is 37.7 Å². The second kappa shape index (κ2) is 12.0. The van der Waals surface area contributed by atoms with Crippen LogP contribution in [0.5, 0.6) is 0 Å². The quantitative estimate of drug-likeness (QED) is 0.224. The van der Waals surface area contributed by atoms with Gasteiger partial charge in [0, 0.05) is 34.6 Å². The van der Waals surface area contributed by atoms with E-state index in [1.54, 1.807) is 0 Å². The van der Waals surface area contributed by atoms with Gasteiger partial charge in [-0.25, -0.2) is 4.57 Å². The molecule has 1 rings (SSSR count). The third kappa shape index (κ3) is 9.84. The van der Waals surface area contributed by atoms with Gasteiger partial charge in [0.05, 0.1) is 0 Å². The smallest absolute Gasteiger partial charge is 0.462 e. The molecular weight excluding hydrogens is 475 g/mol. The Bertz CT molecular complexity index is 804. The van der Waals surface area contributed by atoms with Crippen LogP contribution in [0.15, 0.2) is 0 Å². The minimum absolute atomic E-state index is 0.648. The third-order valence-corrected chi connectivity index (χ3v) is 4.30. The van der Waals surface area contributed by atoms with Gasteiger partial charge in [-0.3, -0.25) is 28.5 Å². The van der Waals surface area contributed by atoms with Crippen LogP contribution in [-0.4, -0.2) is 83.1 Å². The summed E-state index contributed by atoms with van der Waals surface area (Å²) in [6.45, 7) is 4.28. The average molecular weight is 500 g/mol. The van der Waals surface area contributed by atoms with Crippen LogP contribution in [0.2, 0.25) is 0 Å². The highest BCUT2D eigenvalue weighted by Gasteiger charge is 2.56. The maximum absolute atomic E-state index is 11.8. The van der Waals surface area contributed by atoms with E-state index in [4.69, 9.17) is 28.4 Å². The standard InChI is InChI=1S/C17H25O15P/c1-7(18)26-6-12(27-8(2)19)13-14(28-9(3)20)15(29-10(4)21)16(30-11(5)22)17(31-13)32-33(23,24)25/h12-17H,6H2,1-5H3,(H2,23,24,25)/t12-,13?,14-,15+,16?,17+/m1/s1. The number of rotatable bonds is 9. The Kier molecular flexibility index (Phi) is 10.4. The van der Waals surface area contributed by atoms with Crippen molar-refractivity contribution in [1.82, 2.24) is 0 Å². The molecule has 0 spiro atoms. The van der Waals surface area contributed by atoms with Crippen LogP contribution in [0.25, 0.3) is 0 Å². The number of esters is 5. The summed E-state index contributed by atoms with van der Waals surface area (Å²) in [4.78, 5) is 76.5. The molecule has 2 unspecified atom stereocenters. The zero-order valence-electron chi connectivity index (χ0n) is 18.3. The molecule has 0 radical (unpaired) electrons. The van der Waals surface area contributed by atoms with Crippen molar-refractivity contribution in [2.24, 2.45) is 0 Å². The van der Waals surface area contributed by atoms with Crippen molar-refractivity contribution < 1.29 is 71.3 Å². The molecule has 2 N–H and O–H groups in total. The molecule has 1 fully saturated rings. The van der Waals surface area contributed by atoms with Gasteiger partial charge >= 0.3 is 37.7 Å². The number of carbonyl (C=O) groups is 5. The van der Waals surface area contributed by atoms with E-state index in [1.165, 1.54) is 0 Å². The lowest BCUT2D eigenvalue weighted by Crippen LogP contribution is -2.65. The van der Waals surface area contributed by atoms with E-state index < -0.39 is 81.1 Å². The van der Waals surface area contributed by atoms with Crippen LogP contribution in [0.1, 0.15) is 34.6 Å². The second-order valence-electron chi connectivity index (χ2n) is 6.74. The molecule has 0 aromatic heterocycles.